The highest BCUT2D eigenvalue weighted by Gasteiger charge is 2.29. The number of nitrogens with one attached hydrogen (secondary N) is 2. The number of amides is 1. The molecule has 4 rings (SSSR count). The average Bonchev–Trinajstić information content (AvgIpc) is 3.03. The van der Waals surface area contributed by atoms with Crippen LogP contribution in [0.25, 0.3) is 11.0 Å². The molecule has 0 unspecified atom stereocenters. The van der Waals surface area contributed by atoms with Gasteiger partial charge in [-0.3, -0.25) is 4.79 Å². The zero-order chi connectivity index (χ0) is 18.1. The van der Waals surface area contributed by atoms with Crippen molar-refractivity contribution < 1.29 is 13.2 Å². The van der Waals surface area contributed by atoms with E-state index >= 15 is 0 Å². The summed E-state index contributed by atoms with van der Waals surface area (Å²) >= 11 is 0. The van der Waals surface area contributed by atoms with Gasteiger partial charge >= 0.3 is 0 Å². The van der Waals surface area contributed by atoms with Crippen molar-refractivity contribution >= 4 is 32.8 Å². The Kier molecular flexibility index (Phi) is 4.08. The number of H-pyrrole nitrogens is 1. The van der Waals surface area contributed by atoms with E-state index in [1.807, 2.05) is 24.3 Å². The van der Waals surface area contributed by atoms with E-state index in [-0.39, 0.29) is 23.1 Å². The minimum absolute atomic E-state index is 0.0538. The summed E-state index contributed by atoms with van der Waals surface area (Å²) in [6.07, 6.45) is 5.55. The summed E-state index contributed by atoms with van der Waals surface area (Å²) < 4.78 is 27.2. The zero-order valence-corrected chi connectivity index (χ0v) is 14.7. The minimum atomic E-state index is -3.52. The van der Waals surface area contributed by atoms with Crippen molar-refractivity contribution in [3.05, 3.63) is 54.0 Å². The van der Waals surface area contributed by atoms with Gasteiger partial charge in [0.2, 0.25) is 0 Å². The molecular weight excluding hydrogens is 354 g/mol. The van der Waals surface area contributed by atoms with E-state index in [0.29, 0.717) is 19.5 Å². The number of carbonyl (C=O) groups is 1. The quantitative estimate of drug-likeness (QED) is 0.823. The molecule has 26 heavy (non-hydrogen) atoms. The summed E-state index contributed by atoms with van der Waals surface area (Å²) in [6.45, 7) is 0.668. The number of imidazole rings is 1. The van der Waals surface area contributed by atoms with Gasteiger partial charge in [-0.05, 0) is 24.3 Å². The number of hydrogen-bond acceptors (Lipinski definition) is 5. The minimum Gasteiger partial charge on any atom is -0.351 e. The van der Waals surface area contributed by atoms with Crippen LogP contribution in [0.5, 0.6) is 0 Å². The van der Waals surface area contributed by atoms with E-state index < -0.39 is 10.0 Å². The van der Waals surface area contributed by atoms with Crippen LogP contribution in [0.4, 0.5) is 0 Å². The molecule has 8 nitrogen and oxygen atoms in total. The molecule has 0 radical (unpaired) electrons. The lowest BCUT2D eigenvalue weighted by Crippen LogP contribution is -2.42. The van der Waals surface area contributed by atoms with Crippen LogP contribution in [0.15, 0.2) is 52.6 Å². The number of carbonyl (C=O) groups excluding carboxylic acids is 1. The van der Waals surface area contributed by atoms with Gasteiger partial charge in [-0.2, -0.15) is 0 Å². The smallest absolute Gasteiger partial charge is 0.256 e. The van der Waals surface area contributed by atoms with Gasteiger partial charge in [-0.25, -0.2) is 13.4 Å². The van der Waals surface area contributed by atoms with Gasteiger partial charge in [0.15, 0.2) is 5.84 Å². The maximum Gasteiger partial charge on any atom is 0.256 e. The Balaban J connectivity index is 1.43. The largest absolute Gasteiger partial charge is 0.351 e. The number of benzene rings is 1. The number of hydrogen-bond donors (Lipinski definition) is 2. The number of aromatic amines is 1. The fraction of sp³-hybridized carbons (Fsp3) is 0.235. The van der Waals surface area contributed by atoms with Crippen molar-refractivity contribution in [3.8, 4) is 0 Å². The van der Waals surface area contributed by atoms with E-state index in [1.54, 1.807) is 23.3 Å². The first-order valence-electron chi connectivity index (χ1n) is 8.22. The van der Waals surface area contributed by atoms with E-state index in [4.69, 9.17) is 0 Å². The fourth-order valence-corrected chi connectivity index (χ4v) is 3.89. The van der Waals surface area contributed by atoms with Gasteiger partial charge in [0.05, 0.1) is 22.4 Å². The van der Waals surface area contributed by atoms with Crippen LogP contribution in [0.2, 0.25) is 0 Å². The van der Waals surface area contributed by atoms with Crippen LogP contribution in [0, 0.1) is 0 Å². The summed E-state index contributed by atoms with van der Waals surface area (Å²) in [7, 11) is -3.52. The van der Waals surface area contributed by atoms with E-state index in [9.17, 15) is 13.2 Å². The molecule has 134 valence electrons. The molecule has 0 saturated carbocycles. The Morgan fingerprint density at radius 3 is 3.00 bits per heavy atom. The molecule has 0 spiro atoms. The fourth-order valence-electron chi connectivity index (χ4n) is 2.91. The van der Waals surface area contributed by atoms with Gasteiger partial charge in [-0.1, -0.05) is 12.1 Å². The summed E-state index contributed by atoms with van der Waals surface area (Å²) in [5, 5.41) is 2.80. The number of amidine groups is 1. The predicted molar refractivity (Wildman–Crippen MR) is 98.0 cm³/mol. The van der Waals surface area contributed by atoms with Crippen molar-refractivity contribution in [2.45, 2.75) is 6.42 Å². The van der Waals surface area contributed by atoms with Crippen molar-refractivity contribution in [1.82, 2.24) is 20.2 Å². The number of nitrogens with zero attached hydrogens (tertiary/aromatic N) is 3. The standard InChI is InChI=1S/C17H17N5O3S/c23-17(12-4-3-9-22-10-11-26(24,25)21-16(12)22)18-8-7-15-19-13-5-1-2-6-14(13)20-15/h1-6,9H,7-8,10-11H2,(H,18,23)(H,19,20). The van der Waals surface area contributed by atoms with Crippen LogP contribution < -0.4 is 5.32 Å². The number of para-hydroxylation sites is 2. The Morgan fingerprint density at radius 1 is 1.31 bits per heavy atom. The first-order valence-corrected chi connectivity index (χ1v) is 9.83. The third kappa shape index (κ3) is 3.25. The molecule has 2 aromatic rings. The topological polar surface area (TPSA) is 108 Å². The SMILES string of the molecule is O=C(NCCc1nc2ccccc2[nH]1)C1=CC=CN2CCS(=O)(=O)N=C12. The number of fused-ring (bicyclic) bond motifs is 2. The lowest BCUT2D eigenvalue weighted by atomic mass is 10.1. The van der Waals surface area contributed by atoms with Crippen molar-refractivity contribution in [3.63, 3.8) is 0 Å². The van der Waals surface area contributed by atoms with Crippen LogP contribution in [-0.4, -0.2) is 53.9 Å². The summed E-state index contributed by atoms with van der Waals surface area (Å²) in [4.78, 5) is 21.8. The van der Waals surface area contributed by atoms with E-state index in [0.717, 1.165) is 16.9 Å². The molecule has 9 heteroatoms. The van der Waals surface area contributed by atoms with Crippen LogP contribution >= 0.6 is 0 Å². The predicted octanol–water partition coefficient (Wildman–Crippen LogP) is 0.719. The summed E-state index contributed by atoms with van der Waals surface area (Å²) in [5.74, 6) is 0.552. The zero-order valence-electron chi connectivity index (χ0n) is 13.8. The van der Waals surface area contributed by atoms with E-state index in [1.165, 1.54) is 0 Å². The molecule has 0 atom stereocenters. The monoisotopic (exact) mass is 371 g/mol. The Hall–Kier alpha value is -2.94. The molecular formula is C17H17N5O3S. The molecule has 2 aliphatic rings. The summed E-state index contributed by atoms with van der Waals surface area (Å²) in [6, 6.07) is 7.71. The van der Waals surface area contributed by atoms with Gasteiger partial charge in [0.1, 0.15) is 5.82 Å². The number of rotatable bonds is 4. The van der Waals surface area contributed by atoms with Gasteiger partial charge in [0.25, 0.3) is 15.9 Å². The lowest BCUT2D eigenvalue weighted by Gasteiger charge is -2.28. The van der Waals surface area contributed by atoms with Gasteiger partial charge < -0.3 is 15.2 Å². The highest BCUT2D eigenvalue weighted by molar-refractivity contribution is 7.90. The molecule has 0 saturated heterocycles. The second-order valence-electron chi connectivity index (χ2n) is 6.02. The third-order valence-corrected chi connectivity index (χ3v) is 5.34. The Morgan fingerprint density at radius 2 is 2.15 bits per heavy atom. The molecule has 1 aromatic carbocycles. The average molecular weight is 371 g/mol. The highest BCUT2D eigenvalue weighted by atomic mass is 32.2. The molecule has 1 amide bonds. The van der Waals surface area contributed by atoms with Gasteiger partial charge in [0, 0.05) is 25.7 Å². The summed E-state index contributed by atoms with van der Waals surface area (Å²) in [5.41, 5.74) is 2.08. The second-order valence-corrected chi connectivity index (χ2v) is 7.78. The highest BCUT2D eigenvalue weighted by Crippen LogP contribution is 2.17. The normalized spacial score (nSPS) is 18.2. The van der Waals surface area contributed by atoms with Crippen molar-refractivity contribution in [2.75, 3.05) is 18.8 Å². The second kappa shape index (κ2) is 6.41. The van der Waals surface area contributed by atoms with Gasteiger partial charge in [-0.15, -0.1) is 4.40 Å². The first-order chi connectivity index (χ1) is 12.5. The molecule has 0 bridgehead atoms. The molecule has 1 aromatic heterocycles. The van der Waals surface area contributed by atoms with Crippen molar-refractivity contribution in [2.24, 2.45) is 4.40 Å². The van der Waals surface area contributed by atoms with E-state index in [2.05, 4.69) is 19.7 Å². The Bertz CT molecular complexity index is 1030. The van der Waals surface area contributed by atoms with Crippen molar-refractivity contribution in [1.29, 1.82) is 0 Å². The molecule has 2 N–H and O–H groups in total. The molecule has 0 fully saturated rings. The maximum absolute atomic E-state index is 12.5. The molecule has 3 heterocycles. The number of aromatic nitrogens is 2. The number of allylic oxidation sites excluding steroid dienone is 2. The molecule has 2 aliphatic heterocycles. The maximum atomic E-state index is 12.5. The first kappa shape index (κ1) is 16.5. The molecule has 0 aliphatic carbocycles. The number of sulfonamides is 1. The van der Waals surface area contributed by atoms with Crippen LogP contribution in [0.3, 0.4) is 0 Å². The third-order valence-electron chi connectivity index (χ3n) is 4.19. The lowest BCUT2D eigenvalue weighted by molar-refractivity contribution is -0.117. The van der Waals surface area contributed by atoms with Crippen LogP contribution in [-0.2, 0) is 21.2 Å². The Labute approximate surface area is 150 Å². The van der Waals surface area contributed by atoms with Crippen LogP contribution in [0.1, 0.15) is 5.82 Å².